The molecule has 0 unspecified atom stereocenters. The maximum absolute atomic E-state index is 12.1. The summed E-state index contributed by atoms with van der Waals surface area (Å²) in [7, 11) is 1.62. The summed E-state index contributed by atoms with van der Waals surface area (Å²) in [5, 5.41) is 0. The highest BCUT2D eigenvalue weighted by Gasteiger charge is 2.24. The molecule has 1 rings (SSSR count). The molecule has 1 saturated carbocycles. The number of hydrogen-bond donors (Lipinski definition) is 0. The molecule has 0 aromatic carbocycles. The third-order valence-electron chi connectivity index (χ3n) is 3.32. The zero-order valence-corrected chi connectivity index (χ0v) is 12.0. The van der Waals surface area contributed by atoms with Crippen molar-refractivity contribution in [1.29, 1.82) is 0 Å². The minimum Gasteiger partial charge on any atom is -0.382 e. The molecule has 1 fully saturated rings. The number of alkyl halides is 1. The van der Waals surface area contributed by atoms with Gasteiger partial charge >= 0.3 is 0 Å². The van der Waals surface area contributed by atoms with Gasteiger partial charge in [-0.2, -0.15) is 0 Å². The Morgan fingerprint density at radius 2 is 2.00 bits per heavy atom. The highest BCUT2D eigenvalue weighted by atomic mass is 35.5. The second-order valence-corrected chi connectivity index (χ2v) is 4.99. The van der Waals surface area contributed by atoms with Crippen LogP contribution in [-0.4, -0.2) is 56.2 Å². The van der Waals surface area contributed by atoms with Gasteiger partial charge in [-0.1, -0.05) is 19.3 Å². The average Bonchev–Trinajstić information content (AvgIpc) is 2.41. The summed E-state index contributed by atoms with van der Waals surface area (Å²) >= 11 is 5.79. The van der Waals surface area contributed by atoms with Gasteiger partial charge in [0, 0.05) is 25.6 Å². The fourth-order valence-electron chi connectivity index (χ4n) is 2.38. The molecule has 0 bridgehead atoms. The minimum atomic E-state index is 0.0543. The third-order valence-corrected chi connectivity index (χ3v) is 3.49. The zero-order valence-electron chi connectivity index (χ0n) is 11.2. The molecule has 106 valence electrons. The summed E-state index contributed by atoms with van der Waals surface area (Å²) in [6.45, 7) is 1.74. The van der Waals surface area contributed by atoms with E-state index >= 15 is 0 Å². The molecule has 4 nitrogen and oxygen atoms in total. The highest BCUT2D eigenvalue weighted by molar-refractivity contribution is 6.18. The van der Waals surface area contributed by atoms with Crippen LogP contribution in [0.15, 0.2) is 0 Å². The molecule has 1 aliphatic carbocycles. The van der Waals surface area contributed by atoms with Crippen molar-refractivity contribution in [3.05, 3.63) is 0 Å². The number of nitrogens with zero attached hydrogens (tertiary/aromatic N) is 1. The molecule has 18 heavy (non-hydrogen) atoms. The topological polar surface area (TPSA) is 38.8 Å². The van der Waals surface area contributed by atoms with E-state index in [1.807, 2.05) is 4.90 Å². The number of ether oxygens (including phenoxy) is 2. The molecule has 0 aliphatic heterocycles. The Bertz CT molecular complexity index is 232. The Labute approximate surface area is 115 Å². The number of amides is 1. The number of carbonyl (C=O) groups excluding carboxylic acids is 1. The molecule has 5 heteroatoms. The summed E-state index contributed by atoms with van der Waals surface area (Å²) in [5.41, 5.74) is 0. The molecule has 0 spiro atoms. The molecule has 0 radical (unpaired) electrons. The zero-order chi connectivity index (χ0) is 13.2. The third kappa shape index (κ3) is 5.55. The van der Waals surface area contributed by atoms with Crippen molar-refractivity contribution in [3.8, 4) is 0 Å². The van der Waals surface area contributed by atoms with Crippen LogP contribution in [0.1, 0.15) is 32.1 Å². The summed E-state index contributed by atoms with van der Waals surface area (Å²) in [5.74, 6) is 0.541. The van der Waals surface area contributed by atoms with E-state index in [1.165, 1.54) is 19.3 Å². The van der Waals surface area contributed by atoms with Crippen LogP contribution in [0.4, 0.5) is 0 Å². The quantitative estimate of drug-likeness (QED) is 0.503. The van der Waals surface area contributed by atoms with Crippen molar-refractivity contribution in [2.24, 2.45) is 0 Å². The van der Waals surface area contributed by atoms with Gasteiger partial charge in [-0.05, 0) is 12.8 Å². The van der Waals surface area contributed by atoms with Gasteiger partial charge in [-0.15, -0.1) is 11.6 Å². The largest absolute Gasteiger partial charge is 0.382 e. The number of hydrogen-bond acceptors (Lipinski definition) is 3. The van der Waals surface area contributed by atoms with E-state index < -0.39 is 0 Å². The van der Waals surface area contributed by atoms with E-state index in [2.05, 4.69) is 0 Å². The van der Waals surface area contributed by atoms with E-state index in [4.69, 9.17) is 21.1 Å². The number of methoxy groups -OCH3 is 1. The van der Waals surface area contributed by atoms with Gasteiger partial charge in [0.25, 0.3) is 0 Å². The van der Waals surface area contributed by atoms with E-state index in [-0.39, 0.29) is 12.5 Å². The van der Waals surface area contributed by atoms with Crippen LogP contribution < -0.4 is 0 Å². The first-order valence-corrected chi connectivity index (χ1v) is 7.25. The first-order valence-electron chi connectivity index (χ1n) is 6.71. The summed E-state index contributed by atoms with van der Waals surface area (Å²) in [6, 6.07) is 0.357. The van der Waals surface area contributed by atoms with E-state index in [0.29, 0.717) is 31.7 Å². The SMILES string of the molecule is COCCOCC(=O)N(CCCl)C1CCCCC1. The van der Waals surface area contributed by atoms with Crippen molar-refractivity contribution in [1.82, 2.24) is 4.90 Å². The normalized spacial score (nSPS) is 16.8. The molecular weight excluding hydrogens is 254 g/mol. The van der Waals surface area contributed by atoms with Gasteiger partial charge in [0.1, 0.15) is 6.61 Å². The smallest absolute Gasteiger partial charge is 0.248 e. The molecule has 0 N–H and O–H groups in total. The Morgan fingerprint density at radius 3 is 2.61 bits per heavy atom. The van der Waals surface area contributed by atoms with Crippen LogP contribution in [-0.2, 0) is 14.3 Å². The van der Waals surface area contributed by atoms with Crippen molar-refractivity contribution in [2.45, 2.75) is 38.1 Å². The van der Waals surface area contributed by atoms with Crippen LogP contribution in [0.2, 0.25) is 0 Å². The van der Waals surface area contributed by atoms with E-state index in [0.717, 1.165) is 12.8 Å². The number of rotatable bonds is 8. The standard InChI is InChI=1S/C13H24ClNO3/c1-17-9-10-18-11-13(16)15(8-7-14)12-5-3-2-4-6-12/h12H,2-11H2,1H3. The molecule has 1 amide bonds. The maximum Gasteiger partial charge on any atom is 0.248 e. The number of carbonyl (C=O) groups is 1. The Morgan fingerprint density at radius 1 is 1.28 bits per heavy atom. The number of halogens is 1. The first-order chi connectivity index (χ1) is 8.79. The van der Waals surface area contributed by atoms with Crippen LogP contribution in [0.3, 0.4) is 0 Å². The lowest BCUT2D eigenvalue weighted by Gasteiger charge is -2.34. The molecule has 0 aromatic heterocycles. The van der Waals surface area contributed by atoms with Gasteiger partial charge < -0.3 is 14.4 Å². The predicted molar refractivity (Wildman–Crippen MR) is 72.0 cm³/mol. The van der Waals surface area contributed by atoms with Gasteiger partial charge in [0.15, 0.2) is 0 Å². The van der Waals surface area contributed by atoms with Crippen LogP contribution in [0.5, 0.6) is 0 Å². The highest BCUT2D eigenvalue weighted by Crippen LogP contribution is 2.22. The minimum absolute atomic E-state index is 0.0543. The van der Waals surface area contributed by atoms with Crippen molar-refractivity contribution < 1.29 is 14.3 Å². The lowest BCUT2D eigenvalue weighted by atomic mass is 9.94. The summed E-state index contributed by atoms with van der Waals surface area (Å²) < 4.78 is 10.2. The lowest BCUT2D eigenvalue weighted by Crippen LogP contribution is -2.44. The fourth-order valence-corrected chi connectivity index (χ4v) is 2.56. The van der Waals surface area contributed by atoms with Gasteiger partial charge in [0.05, 0.1) is 13.2 Å². The van der Waals surface area contributed by atoms with Crippen molar-refractivity contribution in [2.75, 3.05) is 39.4 Å². The Kier molecular flexibility index (Phi) is 8.38. The average molecular weight is 278 g/mol. The molecule has 0 atom stereocenters. The summed E-state index contributed by atoms with van der Waals surface area (Å²) in [4.78, 5) is 14.0. The van der Waals surface area contributed by atoms with Gasteiger partial charge in [-0.25, -0.2) is 0 Å². The maximum atomic E-state index is 12.1. The van der Waals surface area contributed by atoms with Crippen LogP contribution in [0, 0.1) is 0 Å². The Hall–Kier alpha value is -0.320. The molecule has 1 aliphatic rings. The predicted octanol–water partition coefficient (Wildman–Crippen LogP) is 2.05. The molecule has 0 aromatic rings. The van der Waals surface area contributed by atoms with E-state index in [9.17, 15) is 4.79 Å². The van der Waals surface area contributed by atoms with Gasteiger partial charge in [0.2, 0.25) is 5.91 Å². The molecule has 0 saturated heterocycles. The summed E-state index contributed by atoms with van der Waals surface area (Å²) in [6.07, 6.45) is 5.90. The molecule has 0 heterocycles. The lowest BCUT2D eigenvalue weighted by molar-refractivity contribution is -0.139. The van der Waals surface area contributed by atoms with Crippen LogP contribution in [0.25, 0.3) is 0 Å². The second-order valence-electron chi connectivity index (χ2n) is 4.61. The second kappa shape index (κ2) is 9.59. The van der Waals surface area contributed by atoms with Crippen LogP contribution >= 0.6 is 11.6 Å². The monoisotopic (exact) mass is 277 g/mol. The molecular formula is C13H24ClNO3. The van der Waals surface area contributed by atoms with Crippen molar-refractivity contribution >= 4 is 17.5 Å². The Balaban J connectivity index is 2.36. The van der Waals surface area contributed by atoms with Gasteiger partial charge in [-0.3, -0.25) is 4.79 Å². The first kappa shape index (κ1) is 15.7. The van der Waals surface area contributed by atoms with Crippen molar-refractivity contribution in [3.63, 3.8) is 0 Å². The fraction of sp³-hybridized carbons (Fsp3) is 0.923. The van der Waals surface area contributed by atoms with E-state index in [1.54, 1.807) is 7.11 Å².